The number of rotatable bonds is 1. The van der Waals surface area contributed by atoms with Gasteiger partial charge in [0.05, 0.1) is 5.69 Å². The SMILES string of the molecule is Cc1c(-c2ccc(F)c(F)c2)n[nH]c(=S)c1C. The van der Waals surface area contributed by atoms with Crippen LogP contribution < -0.4 is 0 Å². The second-order valence-electron chi connectivity index (χ2n) is 3.78. The molecule has 0 saturated heterocycles. The topological polar surface area (TPSA) is 28.7 Å². The van der Waals surface area contributed by atoms with Gasteiger partial charge in [0.1, 0.15) is 4.64 Å². The lowest BCUT2D eigenvalue weighted by molar-refractivity contribution is 0.509. The lowest BCUT2D eigenvalue weighted by atomic mass is 10.0. The van der Waals surface area contributed by atoms with E-state index in [1.807, 2.05) is 13.8 Å². The fraction of sp³-hybridized carbons (Fsp3) is 0.167. The minimum atomic E-state index is -0.885. The first-order valence-corrected chi connectivity index (χ1v) is 5.43. The molecular weight excluding hydrogens is 242 g/mol. The number of benzene rings is 1. The molecule has 1 aromatic carbocycles. The van der Waals surface area contributed by atoms with E-state index in [-0.39, 0.29) is 0 Å². The third-order valence-electron chi connectivity index (χ3n) is 2.72. The quantitative estimate of drug-likeness (QED) is 0.784. The van der Waals surface area contributed by atoms with E-state index in [9.17, 15) is 8.78 Å². The summed E-state index contributed by atoms with van der Waals surface area (Å²) in [4.78, 5) is 0. The summed E-state index contributed by atoms with van der Waals surface area (Å²) in [6, 6.07) is 3.70. The Labute approximate surface area is 102 Å². The van der Waals surface area contributed by atoms with E-state index in [0.717, 1.165) is 23.3 Å². The van der Waals surface area contributed by atoms with Crippen molar-refractivity contribution in [2.75, 3.05) is 0 Å². The van der Waals surface area contributed by atoms with Gasteiger partial charge >= 0.3 is 0 Å². The van der Waals surface area contributed by atoms with Gasteiger partial charge in [0.15, 0.2) is 11.6 Å². The molecule has 0 aliphatic carbocycles. The summed E-state index contributed by atoms with van der Waals surface area (Å²) in [5.74, 6) is -1.75. The van der Waals surface area contributed by atoms with E-state index < -0.39 is 11.6 Å². The molecule has 0 aliphatic heterocycles. The molecule has 0 saturated carbocycles. The predicted molar refractivity (Wildman–Crippen MR) is 64.2 cm³/mol. The van der Waals surface area contributed by atoms with E-state index >= 15 is 0 Å². The van der Waals surface area contributed by atoms with Crippen LogP contribution in [0.4, 0.5) is 8.78 Å². The Kier molecular flexibility index (Phi) is 3.02. The number of nitrogens with zero attached hydrogens (tertiary/aromatic N) is 1. The lowest BCUT2D eigenvalue weighted by Crippen LogP contribution is -1.97. The first-order valence-electron chi connectivity index (χ1n) is 5.02. The number of halogens is 2. The van der Waals surface area contributed by atoms with Gasteiger partial charge in [-0.3, -0.25) is 5.10 Å². The van der Waals surface area contributed by atoms with Crippen LogP contribution in [0.5, 0.6) is 0 Å². The fourth-order valence-corrected chi connectivity index (χ4v) is 1.75. The van der Waals surface area contributed by atoms with Crippen molar-refractivity contribution >= 4 is 12.2 Å². The van der Waals surface area contributed by atoms with Crippen LogP contribution in [0.1, 0.15) is 11.1 Å². The lowest BCUT2D eigenvalue weighted by Gasteiger charge is -2.07. The molecule has 5 heteroatoms. The van der Waals surface area contributed by atoms with Gasteiger partial charge in [-0.25, -0.2) is 8.78 Å². The number of aromatic nitrogens is 2. The molecule has 2 aromatic rings. The van der Waals surface area contributed by atoms with E-state index in [4.69, 9.17) is 12.2 Å². The zero-order valence-corrected chi connectivity index (χ0v) is 10.2. The van der Waals surface area contributed by atoms with E-state index in [1.54, 1.807) is 0 Å². The molecule has 0 atom stereocenters. The molecule has 1 aromatic heterocycles. The number of hydrogen-bond acceptors (Lipinski definition) is 2. The van der Waals surface area contributed by atoms with E-state index in [0.29, 0.717) is 15.9 Å². The van der Waals surface area contributed by atoms with Crippen LogP contribution in [0.25, 0.3) is 11.3 Å². The molecule has 2 nitrogen and oxygen atoms in total. The smallest absolute Gasteiger partial charge is 0.159 e. The highest BCUT2D eigenvalue weighted by molar-refractivity contribution is 7.71. The summed E-state index contributed by atoms with van der Waals surface area (Å²) in [6.45, 7) is 3.71. The first kappa shape index (κ1) is 11.9. The van der Waals surface area contributed by atoms with Gasteiger partial charge in [-0.15, -0.1) is 0 Å². The highest BCUT2D eigenvalue weighted by atomic mass is 32.1. The predicted octanol–water partition coefficient (Wildman–Crippen LogP) is 3.70. The number of hydrogen-bond donors (Lipinski definition) is 1. The maximum absolute atomic E-state index is 13.1. The minimum absolute atomic E-state index is 0.524. The summed E-state index contributed by atoms with van der Waals surface area (Å²) in [6.07, 6.45) is 0. The summed E-state index contributed by atoms with van der Waals surface area (Å²) < 4.78 is 26.5. The summed E-state index contributed by atoms with van der Waals surface area (Å²) >= 11 is 5.04. The second kappa shape index (κ2) is 4.33. The Bertz CT molecular complexity index is 635. The maximum Gasteiger partial charge on any atom is 0.159 e. The third kappa shape index (κ3) is 2.10. The third-order valence-corrected chi connectivity index (χ3v) is 3.12. The first-order chi connectivity index (χ1) is 8.00. The second-order valence-corrected chi connectivity index (χ2v) is 4.19. The molecule has 0 fully saturated rings. The van der Waals surface area contributed by atoms with Gasteiger partial charge in [0.2, 0.25) is 0 Å². The van der Waals surface area contributed by atoms with Crippen molar-refractivity contribution in [3.05, 3.63) is 45.6 Å². The molecule has 0 aliphatic rings. The van der Waals surface area contributed by atoms with Gasteiger partial charge in [-0.05, 0) is 43.2 Å². The van der Waals surface area contributed by atoms with Gasteiger partial charge in [0.25, 0.3) is 0 Å². The van der Waals surface area contributed by atoms with Gasteiger partial charge in [-0.1, -0.05) is 12.2 Å². The Hall–Kier alpha value is -1.62. The van der Waals surface area contributed by atoms with Crippen molar-refractivity contribution in [2.45, 2.75) is 13.8 Å². The normalized spacial score (nSPS) is 10.6. The summed E-state index contributed by atoms with van der Waals surface area (Å²) in [5.41, 5.74) is 2.85. The van der Waals surface area contributed by atoms with Crippen molar-refractivity contribution < 1.29 is 8.78 Å². The number of H-pyrrole nitrogens is 1. The summed E-state index contributed by atoms with van der Waals surface area (Å²) in [5, 5.41) is 6.75. The van der Waals surface area contributed by atoms with Crippen LogP contribution in [0.2, 0.25) is 0 Å². The molecule has 0 spiro atoms. The van der Waals surface area contributed by atoms with Gasteiger partial charge < -0.3 is 0 Å². The molecule has 88 valence electrons. The number of aromatic amines is 1. The minimum Gasteiger partial charge on any atom is -0.267 e. The molecule has 2 rings (SSSR count). The molecule has 0 unspecified atom stereocenters. The highest BCUT2D eigenvalue weighted by Gasteiger charge is 2.10. The average Bonchev–Trinajstić information content (AvgIpc) is 2.30. The largest absolute Gasteiger partial charge is 0.267 e. The average molecular weight is 252 g/mol. The molecule has 17 heavy (non-hydrogen) atoms. The Morgan fingerprint density at radius 3 is 2.47 bits per heavy atom. The van der Waals surface area contributed by atoms with Crippen LogP contribution in [0.15, 0.2) is 18.2 Å². The molecule has 0 amide bonds. The van der Waals surface area contributed by atoms with Crippen molar-refractivity contribution in [2.24, 2.45) is 0 Å². The standard InChI is InChI=1S/C12H10F2N2S/c1-6-7(2)12(17)16-15-11(6)8-3-4-9(13)10(14)5-8/h3-5H,1-2H3,(H,16,17). The molecule has 1 heterocycles. The molecule has 1 N–H and O–H groups in total. The van der Waals surface area contributed by atoms with Crippen LogP contribution in [-0.2, 0) is 0 Å². The van der Waals surface area contributed by atoms with Gasteiger partial charge in [0, 0.05) is 5.56 Å². The van der Waals surface area contributed by atoms with Crippen molar-refractivity contribution in [3.63, 3.8) is 0 Å². The van der Waals surface area contributed by atoms with E-state index in [1.165, 1.54) is 6.07 Å². The highest BCUT2D eigenvalue weighted by Crippen LogP contribution is 2.24. The molecular formula is C12H10F2N2S. The van der Waals surface area contributed by atoms with Crippen molar-refractivity contribution in [1.82, 2.24) is 10.2 Å². The van der Waals surface area contributed by atoms with Crippen LogP contribution >= 0.6 is 12.2 Å². The van der Waals surface area contributed by atoms with Crippen molar-refractivity contribution in [1.29, 1.82) is 0 Å². The zero-order valence-electron chi connectivity index (χ0n) is 9.34. The maximum atomic E-state index is 13.1. The van der Waals surface area contributed by atoms with Crippen LogP contribution in [0.3, 0.4) is 0 Å². The Morgan fingerprint density at radius 2 is 1.82 bits per heavy atom. The number of nitrogens with one attached hydrogen (secondary N) is 1. The zero-order chi connectivity index (χ0) is 12.6. The van der Waals surface area contributed by atoms with Crippen LogP contribution in [0, 0.1) is 30.1 Å². The summed E-state index contributed by atoms with van der Waals surface area (Å²) in [7, 11) is 0. The Morgan fingerprint density at radius 1 is 1.12 bits per heavy atom. The molecule has 0 radical (unpaired) electrons. The van der Waals surface area contributed by atoms with Crippen LogP contribution in [-0.4, -0.2) is 10.2 Å². The monoisotopic (exact) mass is 252 g/mol. The van der Waals surface area contributed by atoms with E-state index in [2.05, 4.69) is 10.2 Å². The van der Waals surface area contributed by atoms with Gasteiger partial charge in [-0.2, -0.15) is 5.10 Å². The fourth-order valence-electron chi connectivity index (χ4n) is 1.55. The Balaban J connectivity index is 2.65. The van der Waals surface area contributed by atoms with Crippen molar-refractivity contribution in [3.8, 4) is 11.3 Å². The molecule has 0 bridgehead atoms.